The van der Waals surface area contributed by atoms with Gasteiger partial charge in [0.1, 0.15) is 5.56 Å². The molecule has 1 saturated heterocycles. The van der Waals surface area contributed by atoms with Crippen LogP contribution in [-0.2, 0) is 6.54 Å². The Morgan fingerprint density at radius 3 is 2.47 bits per heavy atom. The molecule has 1 aromatic heterocycles. The van der Waals surface area contributed by atoms with E-state index >= 15 is 0 Å². The minimum Gasteiger partial charge on any atom is -0.477 e. The molecule has 1 aliphatic heterocycles. The van der Waals surface area contributed by atoms with Gasteiger partial charge in [-0.05, 0) is 81.5 Å². The maximum Gasteiger partial charge on any atom is 0.258 e. The summed E-state index contributed by atoms with van der Waals surface area (Å²) in [5.74, 6) is 2.45. The minimum absolute atomic E-state index is 0.0783. The van der Waals surface area contributed by atoms with Crippen LogP contribution >= 0.6 is 0 Å². The van der Waals surface area contributed by atoms with Gasteiger partial charge < -0.3 is 25.2 Å². The molecule has 4 bridgehead atoms. The highest BCUT2D eigenvalue weighted by Crippen LogP contribution is 2.55. The van der Waals surface area contributed by atoms with Crippen molar-refractivity contribution >= 4 is 5.91 Å². The Balaban J connectivity index is 1.15. The second-order valence-electron chi connectivity index (χ2n) is 12.7. The first-order valence-electron chi connectivity index (χ1n) is 14.6. The number of likely N-dealkylation sites (tertiary alicyclic amines) is 1. The Kier molecular flexibility index (Phi) is 7.03. The van der Waals surface area contributed by atoms with Gasteiger partial charge >= 0.3 is 0 Å². The standard InChI is InChI=1S/C28H44N4O4/c33-23-6-8-31(9-7-23)10-11-32-27(36-18-19-4-2-1-3-5-19)24(17-29-32)26(34)30-25-21-12-20-13-22(25)16-28(35,14-20)15-21/h17,19-23,25,33,35H,1-16,18H2,(H,30,34)/t20?,21?,22?,25-,28-. The van der Waals surface area contributed by atoms with Crippen LogP contribution in [0.2, 0.25) is 0 Å². The third-order valence-electron chi connectivity index (χ3n) is 9.94. The number of amides is 1. The number of ether oxygens (including phenoxy) is 1. The van der Waals surface area contributed by atoms with Crippen LogP contribution in [0.4, 0.5) is 0 Å². The lowest BCUT2D eigenvalue weighted by molar-refractivity contribution is -0.136. The fourth-order valence-corrected chi connectivity index (χ4v) is 8.22. The van der Waals surface area contributed by atoms with Gasteiger partial charge in [0, 0.05) is 25.7 Å². The predicted molar refractivity (Wildman–Crippen MR) is 136 cm³/mol. The molecule has 0 spiro atoms. The van der Waals surface area contributed by atoms with E-state index in [0.717, 1.165) is 64.6 Å². The molecular weight excluding hydrogens is 456 g/mol. The Labute approximate surface area is 214 Å². The van der Waals surface area contributed by atoms with E-state index in [4.69, 9.17) is 4.74 Å². The summed E-state index contributed by atoms with van der Waals surface area (Å²) in [6.45, 7) is 3.94. The molecule has 2 unspecified atom stereocenters. The highest BCUT2D eigenvalue weighted by molar-refractivity contribution is 5.96. The summed E-state index contributed by atoms with van der Waals surface area (Å²) in [6, 6.07) is 0.142. The molecule has 5 saturated carbocycles. The van der Waals surface area contributed by atoms with Crippen molar-refractivity contribution in [2.24, 2.45) is 23.7 Å². The smallest absolute Gasteiger partial charge is 0.258 e. The number of nitrogens with zero attached hydrogens (tertiary/aromatic N) is 3. The molecule has 6 fully saturated rings. The van der Waals surface area contributed by atoms with Gasteiger partial charge in [0.05, 0.1) is 31.1 Å². The number of aliphatic hydroxyl groups is 2. The summed E-state index contributed by atoms with van der Waals surface area (Å²) in [5.41, 5.74) is 0.0499. The molecule has 36 heavy (non-hydrogen) atoms. The number of piperidine rings is 1. The first-order valence-corrected chi connectivity index (χ1v) is 14.6. The highest BCUT2D eigenvalue weighted by Gasteiger charge is 2.55. The first-order chi connectivity index (χ1) is 17.5. The van der Waals surface area contributed by atoms with Gasteiger partial charge in [-0.2, -0.15) is 5.10 Å². The van der Waals surface area contributed by atoms with Crippen LogP contribution in [0, 0.1) is 23.7 Å². The van der Waals surface area contributed by atoms with Crippen molar-refractivity contribution in [3.8, 4) is 5.88 Å². The maximum atomic E-state index is 13.6. The number of carbonyl (C=O) groups excluding carboxylic acids is 1. The van der Waals surface area contributed by atoms with Crippen molar-refractivity contribution in [2.45, 2.75) is 101 Å². The van der Waals surface area contributed by atoms with Crippen LogP contribution in [0.25, 0.3) is 0 Å². The van der Waals surface area contributed by atoms with Gasteiger partial charge in [-0.3, -0.25) is 4.79 Å². The molecule has 7 rings (SSSR count). The summed E-state index contributed by atoms with van der Waals surface area (Å²) in [6.07, 6.45) is 14.2. The minimum atomic E-state index is -0.499. The number of hydrogen-bond acceptors (Lipinski definition) is 6. The van der Waals surface area contributed by atoms with Crippen molar-refractivity contribution in [3.05, 3.63) is 11.8 Å². The normalized spacial score (nSPS) is 35.3. The topological polar surface area (TPSA) is 99.9 Å². The van der Waals surface area contributed by atoms with E-state index in [9.17, 15) is 15.0 Å². The van der Waals surface area contributed by atoms with Crippen LogP contribution in [0.3, 0.4) is 0 Å². The van der Waals surface area contributed by atoms with Crippen molar-refractivity contribution in [1.29, 1.82) is 0 Å². The monoisotopic (exact) mass is 500 g/mol. The number of hydrogen-bond donors (Lipinski definition) is 3. The van der Waals surface area contributed by atoms with Crippen molar-refractivity contribution in [3.63, 3.8) is 0 Å². The highest BCUT2D eigenvalue weighted by atomic mass is 16.5. The fourth-order valence-electron chi connectivity index (χ4n) is 8.22. The third-order valence-corrected chi connectivity index (χ3v) is 9.94. The van der Waals surface area contributed by atoms with E-state index in [1.54, 1.807) is 6.20 Å². The van der Waals surface area contributed by atoms with E-state index in [1.165, 1.54) is 32.1 Å². The zero-order chi connectivity index (χ0) is 24.7. The largest absolute Gasteiger partial charge is 0.477 e. The van der Waals surface area contributed by atoms with Gasteiger partial charge in [-0.1, -0.05) is 19.3 Å². The van der Waals surface area contributed by atoms with Crippen molar-refractivity contribution in [2.75, 3.05) is 26.2 Å². The molecule has 2 heterocycles. The van der Waals surface area contributed by atoms with E-state index in [-0.39, 0.29) is 18.1 Å². The van der Waals surface area contributed by atoms with Crippen LogP contribution in [-0.4, -0.2) is 74.8 Å². The second-order valence-corrected chi connectivity index (χ2v) is 12.7. The molecule has 1 aromatic rings. The number of aromatic nitrogens is 2. The van der Waals surface area contributed by atoms with Gasteiger partial charge in [0.2, 0.25) is 5.88 Å². The molecular formula is C28H44N4O4. The quantitative estimate of drug-likeness (QED) is 0.508. The van der Waals surface area contributed by atoms with Crippen molar-refractivity contribution in [1.82, 2.24) is 20.0 Å². The van der Waals surface area contributed by atoms with E-state index < -0.39 is 5.60 Å². The van der Waals surface area contributed by atoms with Crippen LogP contribution < -0.4 is 10.1 Å². The second kappa shape index (κ2) is 10.3. The summed E-state index contributed by atoms with van der Waals surface area (Å²) in [4.78, 5) is 16.0. The molecule has 200 valence electrons. The fraction of sp³-hybridized carbons (Fsp3) is 0.857. The average molecular weight is 501 g/mol. The lowest BCUT2D eigenvalue weighted by Crippen LogP contribution is -2.61. The zero-order valence-electron chi connectivity index (χ0n) is 21.6. The number of nitrogens with one attached hydrogen (secondary N) is 1. The summed E-state index contributed by atoms with van der Waals surface area (Å²) >= 11 is 0. The molecule has 1 amide bonds. The molecule has 2 atom stereocenters. The maximum absolute atomic E-state index is 13.6. The Morgan fingerprint density at radius 2 is 1.78 bits per heavy atom. The van der Waals surface area contributed by atoms with Gasteiger partial charge in [-0.25, -0.2) is 4.68 Å². The SMILES string of the molecule is O=C(N[C@H]1C2CC3CC1C[C@](O)(C3)C2)c1cnn(CCN2CCC(O)CC2)c1OCC1CCCCC1. The Hall–Kier alpha value is -1.64. The van der Waals surface area contributed by atoms with Crippen LogP contribution in [0.1, 0.15) is 87.4 Å². The molecule has 0 radical (unpaired) electrons. The molecule has 8 nitrogen and oxygen atoms in total. The summed E-state index contributed by atoms with van der Waals surface area (Å²) in [7, 11) is 0. The van der Waals surface area contributed by atoms with Gasteiger partial charge in [0.25, 0.3) is 5.91 Å². The van der Waals surface area contributed by atoms with E-state index in [2.05, 4.69) is 15.3 Å². The molecule has 8 heteroatoms. The zero-order valence-corrected chi connectivity index (χ0v) is 21.6. The van der Waals surface area contributed by atoms with E-state index in [1.807, 2.05) is 4.68 Å². The number of rotatable bonds is 8. The average Bonchev–Trinajstić information content (AvgIpc) is 3.27. The summed E-state index contributed by atoms with van der Waals surface area (Å²) in [5, 5.41) is 28.7. The van der Waals surface area contributed by atoms with E-state index in [0.29, 0.717) is 48.3 Å². The first kappa shape index (κ1) is 24.7. The Morgan fingerprint density at radius 1 is 1.06 bits per heavy atom. The van der Waals surface area contributed by atoms with Gasteiger partial charge in [-0.15, -0.1) is 0 Å². The predicted octanol–water partition coefficient (Wildman–Crippen LogP) is 2.97. The van der Waals surface area contributed by atoms with Crippen molar-refractivity contribution < 1.29 is 19.7 Å². The molecule has 5 aliphatic carbocycles. The molecule has 6 aliphatic rings. The third kappa shape index (κ3) is 5.18. The molecule has 0 aromatic carbocycles. The lowest BCUT2D eigenvalue weighted by atomic mass is 9.52. The lowest BCUT2D eigenvalue weighted by Gasteiger charge is -2.58. The van der Waals surface area contributed by atoms with Crippen LogP contribution in [0.5, 0.6) is 5.88 Å². The van der Waals surface area contributed by atoms with Gasteiger partial charge in [0.15, 0.2) is 0 Å². The number of carbonyl (C=O) groups is 1. The molecule has 3 N–H and O–H groups in total. The Bertz CT molecular complexity index is 905. The summed E-state index contributed by atoms with van der Waals surface area (Å²) < 4.78 is 8.27. The van der Waals surface area contributed by atoms with Crippen LogP contribution in [0.15, 0.2) is 6.20 Å². The number of aliphatic hydroxyl groups excluding tert-OH is 1.